The van der Waals surface area contributed by atoms with Crippen LogP contribution in [0.3, 0.4) is 0 Å². The van der Waals surface area contributed by atoms with Crippen molar-refractivity contribution in [3.63, 3.8) is 0 Å². The summed E-state index contributed by atoms with van der Waals surface area (Å²) in [6.07, 6.45) is -0.502. The van der Waals surface area contributed by atoms with Crippen LogP contribution in [-0.2, 0) is 17.9 Å². The Morgan fingerprint density at radius 3 is 2.29 bits per heavy atom. The highest BCUT2D eigenvalue weighted by Gasteiger charge is 2.52. The van der Waals surface area contributed by atoms with Gasteiger partial charge in [0.2, 0.25) is 0 Å². The molecule has 8 heteroatoms. The average molecular weight is 461 g/mol. The van der Waals surface area contributed by atoms with Crippen molar-refractivity contribution in [3.8, 4) is 0 Å². The molecule has 0 bridgehead atoms. The highest BCUT2D eigenvalue weighted by molar-refractivity contribution is 6.03. The zero-order valence-electron chi connectivity index (χ0n) is 20.1. The van der Waals surface area contributed by atoms with Crippen LogP contribution in [0.1, 0.15) is 16.7 Å². The summed E-state index contributed by atoms with van der Waals surface area (Å²) in [5.41, 5.74) is 3.63. The Labute approximate surface area is 201 Å². The molecule has 0 aromatic heterocycles. The first kappa shape index (κ1) is 22.4. The van der Waals surface area contributed by atoms with Crippen LogP contribution in [0.5, 0.6) is 0 Å². The maximum Gasteiger partial charge on any atom is 0.328 e. The lowest BCUT2D eigenvalue weighted by Crippen LogP contribution is -2.64. The van der Waals surface area contributed by atoms with Gasteiger partial charge in [-0.1, -0.05) is 60.2 Å². The van der Waals surface area contributed by atoms with Crippen molar-refractivity contribution in [2.45, 2.75) is 32.2 Å². The second kappa shape index (κ2) is 9.10. The smallest absolute Gasteiger partial charge is 0.328 e. The molecule has 0 spiro atoms. The zero-order chi connectivity index (χ0) is 23.8. The number of guanidine groups is 1. The Bertz CT molecular complexity index is 1100. The van der Waals surface area contributed by atoms with E-state index in [1.165, 1.54) is 16.0 Å². The summed E-state index contributed by atoms with van der Waals surface area (Å²) in [4.78, 5) is 40.5. The largest absolute Gasteiger partial charge is 0.340 e. The predicted molar refractivity (Wildman–Crippen MR) is 131 cm³/mol. The minimum atomic E-state index is -0.509. The normalized spacial score (nSPS) is 23.4. The second-order valence-electron chi connectivity index (χ2n) is 9.44. The fraction of sp³-hybridized carbons (Fsp3) is 0.423. The van der Waals surface area contributed by atoms with E-state index in [9.17, 15) is 9.59 Å². The minimum Gasteiger partial charge on any atom is -0.340 e. The van der Waals surface area contributed by atoms with Crippen molar-refractivity contribution in [1.82, 2.24) is 24.5 Å². The minimum absolute atomic E-state index is 0.192. The number of nitrogens with zero attached hydrogens (tertiary/aromatic N) is 6. The van der Waals surface area contributed by atoms with Crippen LogP contribution in [0.15, 0.2) is 59.6 Å². The number of amides is 3. The van der Waals surface area contributed by atoms with Gasteiger partial charge in [0.1, 0.15) is 0 Å². The molecule has 2 aromatic carbocycles. The van der Waals surface area contributed by atoms with Gasteiger partial charge in [0.15, 0.2) is 18.2 Å². The fourth-order valence-corrected chi connectivity index (χ4v) is 5.14. The molecular formula is C26H32N6O2. The summed E-state index contributed by atoms with van der Waals surface area (Å²) in [5.74, 6) is 0.626. The van der Waals surface area contributed by atoms with Gasteiger partial charge < -0.3 is 14.7 Å². The summed E-state index contributed by atoms with van der Waals surface area (Å²) in [5, 5.41) is 0. The zero-order valence-corrected chi connectivity index (χ0v) is 20.1. The summed E-state index contributed by atoms with van der Waals surface area (Å²) < 4.78 is 0. The number of piperazine rings is 1. The molecule has 2 atom stereocenters. The molecule has 0 radical (unpaired) electrons. The van der Waals surface area contributed by atoms with Gasteiger partial charge in [0.05, 0.1) is 0 Å². The first-order valence-corrected chi connectivity index (χ1v) is 11.9. The standard InChI is InChI=1S/C26H32N6O2/c1-19-8-7-11-21(16-19)18-32-22-23(28(2)26(34)29(3)24(22)33)27-25(32)31-14-12-30(13-15-31)17-20-9-5-4-6-10-20/h4-11,16,22-23H,12-15,17-18H2,1-3H3. The Balaban J connectivity index is 1.37. The number of carbonyl (C=O) groups is 2. The van der Waals surface area contributed by atoms with Gasteiger partial charge in [-0.2, -0.15) is 0 Å². The lowest BCUT2D eigenvalue weighted by atomic mass is 10.1. The van der Waals surface area contributed by atoms with Crippen molar-refractivity contribution >= 4 is 17.9 Å². The van der Waals surface area contributed by atoms with Gasteiger partial charge in [-0.05, 0) is 18.1 Å². The molecule has 2 saturated heterocycles. The molecule has 0 aliphatic carbocycles. The maximum atomic E-state index is 13.3. The molecule has 34 heavy (non-hydrogen) atoms. The molecule has 2 aromatic rings. The highest BCUT2D eigenvalue weighted by atomic mass is 16.2. The molecule has 3 heterocycles. The number of urea groups is 1. The molecule has 0 saturated carbocycles. The molecule has 178 valence electrons. The van der Waals surface area contributed by atoms with Crippen LogP contribution in [0.2, 0.25) is 0 Å². The molecule has 0 N–H and O–H groups in total. The van der Waals surface area contributed by atoms with Crippen molar-refractivity contribution in [3.05, 3.63) is 71.3 Å². The number of aryl methyl sites for hydroxylation is 1. The van der Waals surface area contributed by atoms with Crippen LogP contribution >= 0.6 is 0 Å². The van der Waals surface area contributed by atoms with Crippen molar-refractivity contribution in [1.29, 1.82) is 0 Å². The Morgan fingerprint density at radius 2 is 1.59 bits per heavy atom. The van der Waals surface area contributed by atoms with E-state index in [4.69, 9.17) is 4.99 Å². The molecule has 8 nitrogen and oxygen atoms in total. The molecule has 5 rings (SSSR count). The van der Waals surface area contributed by atoms with Gasteiger partial charge in [0.25, 0.3) is 5.91 Å². The molecular weight excluding hydrogens is 428 g/mol. The Morgan fingerprint density at radius 1 is 0.882 bits per heavy atom. The van der Waals surface area contributed by atoms with E-state index >= 15 is 0 Å². The number of rotatable bonds is 4. The van der Waals surface area contributed by atoms with Crippen LogP contribution in [0.25, 0.3) is 0 Å². The summed E-state index contributed by atoms with van der Waals surface area (Å²) in [6, 6.07) is 18.1. The number of benzene rings is 2. The van der Waals surface area contributed by atoms with E-state index in [0.29, 0.717) is 6.54 Å². The molecule has 2 unspecified atom stereocenters. The van der Waals surface area contributed by atoms with Crippen LogP contribution < -0.4 is 0 Å². The number of fused-ring (bicyclic) bond motifs is 1. The molecule has 3 aliphatic heterocycles. The number of carbonyl (C=O) groups excluding carboxylic acids is 2. The number of likely N-dealkylation sites (N-methyl/N-ethyl adjacent to an activating group) is 2. The van der Waals surface area contributed by atoms with Gasteiger partial charge in [-0.25, -0.2) is 9.79 Å². The quantitative estimate of drug-likeness (QED) is 0.700. The van der Waals surface area contributed by atoms with Gasteiger partial charge in [0, 0.05) is 53.4 Å². The first-order valence-electron chi connectivity index (χ1n) is 11.9. The molecule has 3 amide bonds. The first-order chi connectivity index (χ1) is 16.4. The monoisotopic (exact) mass is 460 g/mol. The SMILES string of the molecule is Cc1cccc(CN2C(N3CCN(Cc4ccccc4)CC3)=NC3C2C(=O)N(C)C(=O)N3C)c1. The predicted octanol–water partition coefficient (Wildman–Crippen LogP) is 2.20. The Hall–Kier alpha value is -3.39. The van der Waals surface area contributed by atoms with E-state index in [0.717, 1.165) is 44.2 Å². The van der Waals surface area contributed by atoms with Crippen LogP contribution in [0.4, 0.5) is 4.79 Å². The van der Waals surface area contributed by atoms with Crippen molar-refractivity contribution in [2.75, 3.05) is 40.3 Å². The van der Waals surface area contributed by atoms with Gasteiger partial charge in [-0.15, -0.1) is 0 Å². The maximum absolute atomic E-state index is 13.3. The average Bonchev–Trinajstić information content (AvgIpc) is 3.22. The van der Waals surface area contributed by atoms with Crippen molar-refractivity contribution in [2.24, 2.45) is 4.99 Å². The van der Waals surface area contributed by atoms with Crippen LogP contribution in [0, 0.1) is 6.92 Å². The third kappa shape index (κ3) is 4.14. The van der Waals surface area contributed by atoms with E-state index in [1.807, 2.05) is 12.1 Å². The van der Waals surface area contributed by atoms with E-state index in [2.05, 4.69) is 64.1 Å². The Kier molecular flexibility index (Phi) is 6.00. The summed E-state index contributed by atoms with van der Waals surface area (Å²) >= 11 is 0. The third-order valence-electron chi connectivity index (χ3n) is 7.03. The second-order valence-corrected chi connectivity index (χ2v) is 9.44. The number of hydrogen-bond acceptors (Lipinski definition) is 6. The third-order valence-corrected chi connectivity index (χ3v) is 7.03. The van der Waals surface area contributed by atoms with E-state index in [1.54, 1.807) is 19.0 Å². The summed E-state index contributed by atoms with van der Waals surface area (Å²) in [7, 11) is 3.29. The van der Waals surface area contributed by atoms with Crippen LogP contribution in [-0.4, -0.2) is 94.9 Å². The molecule has 3 aliphatic rings. The summed E-state index contributed by atoms with van der Waals surface area (Å²) in [6.45, 7) is 7.08. The van der Waals surface area contributed by atoms with E-state index in [-0.39, 0.29) is 11.9 Å². The van der Waals surface area contributed by atoms with Crippen molar-refractivity contribution < 1.29 is 9.59 Å². The van der Waals surface area contributed by atoms with Gasteiger partial charge in [-0.3, -0.25) is 14.6 Å². The fourth-order valence-electron chi connectivity index (χ4n) is 5.14. The number of hydrogen-bond donors (Lipinski definition) is 0. The topological polar surface area (TPSA) is 62.7 Å². The van der Waals surface area contributed by atoms with Gasteiger partial charge >= 0.3 is 6.03 Å². The number of aliphatic imine (C=N–C) groups is 1. The number of imide groups is 1. The molecule has 2 fully saturated rings. The lowest BCUT2D eigenvalue weighted by molar-refractivity contribution is -0.136. The van der Waals surface area contributed by atoms with E-state index < -0.39 is 12.2 Å². The highest BCUT2D eigenvalue weighted by Crippen LogP contribution is 2.30. The lowest BCUT2D eigenvalue weighted by Gasteiger charge is -2.42.